The van der Waals surface area contributed by atoms with Gasteiger partial charge in [-0.15, -0.1) is 11.3 Å². The molecule has 158 valence electrons. The van der Waals surface area contributed by atoms with E-state index in [0.29, 0.717) is 32.2 Å². The van der Waals surface area contributed by atoms with Crippen LogP contribution in [0.3, 0.4) is 0 Å². The van der Waals surface area contributed by atoms with Crippen LogP contribution >= 0.6 is 22.9 Å². The Morgan fingerprint density at radius 2 is 1.81 bits per heavy atom. The highest BCUT2D eigenvalue weighted by atomic mass is 35.5. The van der Waals surface area contributed by atoms with Gasteiger partial charge >= 0.3 is 0 Å². The molecule has 0 saturated carbocycles. The number of anilines is 1. The summed E-state index contributed by atoms with van der Waals surface area (Å²) in [5.74, 6) is -0.251. The molecule has 0 spiro atoms. The number of amides is 1. The lowest BCUT2D eigenvalue weighted by atomic mass is 10.1. The first-order valence-electron chi connectivity index (χ1n) is 10.0. The van der Waals surface area contributed by atoms with Crippen molar-refractivity contribution in [1.82, 2.24) is 9.55 Å². The third kappa shape index (κ3) is 3.57. The van der Waals surface area contributed by atoms with Crippen molar-refractivity contribution < 1.29 is 4.79 Å². The molecule has 1 N–H and O–H groups in total. The number of benzene rings is 3. The third-order valence-electron chi connectivity index (χ3n) is 5.46. The van der Waals surface area contributed by atoms with Crippen LogP contribution in [-0.2, 0) is 6.54 Å². The second-order valence-corrected chi connectivity index (χ2v) is 8.89. The minimum Gasteiger partial charge on any atom is -0.321 e. The first-order chi connectivity index (χ1) is 15.5. The van der Waals surface area contributed by atoms with Gasteiger partial charge in [0.25, 0.3) is 11.5 Å². The zero-order valence-corrected chi connectivity index (χ0v) is 18.7. The number of fused-ring (bicyclic) bond motifs is 2. The maximum atomic E-state index is 13.2. The number of nitrogens with zero attached hydrogens (tertiary/aromatic N) is 2. The Hall–Kier alpha value is -3.48. The topological polar surface area (TPSA) is 64.0 Å². The van der Waals surface area contributed by atoms with Crippen LogP contribution in [0.25, 0.3) is 21.0 Å². The molecule has 0 unspecified atom stereocenters. The van der Waals surface area contributed by atoms with Gasteiger partial charge in [0.2, 0.25) is 0 Å². The van der Waals surface area contributed by atoms with Gasteiger partial charge in [0.15, 0.2) is 0 Å². The first kappa shape index (κ1) is 20.4. The number of thiophene rings is 1. The van der Waals surface area contributed by atoms with Gasteiger partial charge in [-0.2, -0.15) is 0 Å². The standard InChI is InChI=1S/C25H18ClN3O2S/c1-15-21-24(27-14-29(25(21)31)13-17-8-3-5-11-19(17)26)32-22(15)23(30)28-20-12-6-9-16-7-2-4-10-18(16)20/h2-12,14H,13H2,1H3,(H,28,30). The molecule has 0 aliphatic heterocycles. The van der Waals surface area contributed by atoms with Gasteiger partial charge in [0, 0.05) is 16.1 Å². The molecule has 5 aromatic rings. The molecule has 7 heteroatoms. The zero-order chi connectivity index (χ0) is 22.2. The molecule has 32 heavy (non-hydrogen) atoms. The van der Waals surface area contributed by atoms with Crippen LogP contribution in [0, 0.1) is 6.92 Å². The quantitative estimate of drug-likeness (QED) is 0.365. The van der Waals surface area contributed by atoms with Gasteiger partial charge in [0.1, 0.15) is 4.83 Å². The Bertz CT molecular complexity index is 1550. The molecule has 2 aromatic heterocycles. The van der Waals surface area contributed by atoms with E-state index >= 15 is 0 Å². The Morgan fingerprint density at radius 1 is 1.06 bits per heavy atom. The van der Waals surface area contributed by atoms with Gasteiger partial charge in [-0.05, 0) is 35.6 Å². The molecule has 0 fully saturated rings. The molecule has 0 aliphatic rings. The summed E-state index contributed by atoms with van der Waals surface area (Å²) in [5.41, 5.74) is 2.01. The number of halogens is 1. The zero-order valence-electron chi connectivity index (χ0n) is 17.1. The van der Waals surface area contributed by atoms with E-state index in [2.05, 4.69) is 10.3 Å². The number of aromatic nitrogens is 2. The smallest absolute Gasteiger partial charge is 0.266 e. The van der Waals surface area contributed by atoms with Crippen LogP contribution in [-0.4, -0.2) is 15.5 Å². The highest BCUT2D eigenvalue weighted by molar-refractivity contribution is 7.20. The lowest BCUT2D eigenvalue weighted by Gasteiger charge is -2.08. The summed E-state index contributed by atoms with van der Waals surface area (Å²) in [6, 6.07) is 21.0. The fourth-order valence-corrected chi connectivity index (χ4v) is 5.04. The van der Waals surface area contributed by atoms with Crippen molar-refractivity contribution in [3.05, 3.63) is 104 Å². The summed E-state index contributed by atoms with van der Waals surface area (Å²) in [4.78, 5) is 31.8. The molecular weight excluding hydrogens is 442 g/mol. The largest absolute Gasteiger partial charge is 0.321 e. The highest BCUT2D eigenvalue weighted by Gasteiger charge is 2.20. The maximum absolute atomic E-state index is 13.2. The number of hydrogen-bond acceptors (Lipinski definition) is 4. The molecule has 1 amide bonds. The summed E-state index contributed by atoms with van der Waals surface area (Å²) < 4.78 is 1.52. The van der Waals surface area contributed by atoms with Crippen LogP contribution in [0.2, 0.25) is 5.02 Å². The molecule has 3 aromatic carbocycles. The second-order valence-electron chi connectivity index (χ2n) is 7.49. The highest BCUT2D eigenvalue weighted by Crippen LogP contribution is 2.29. The van der Waals surface area contributed by atoms with Crippen molar-refractivity contribution in [1.29, 1.82) is 0 Å². The summed E-state index contributed by atoms with van der Waals surface area (Å²) >= 11 is 7.48. The van der Waals surface area contributed by atoms with E-state index in [1.54, 1.807) is 13.0 Å². The fraction of sp³-hybridized carbons (Fsp3) is 0.0800. The van der Waals surface area contributed by atoms with Crippen molar-refractivity contribution in [3.63, 3.8) is 0 Å². The van der Waals surface area contributed by atoms with Crippen LogP contribution in [0.15, 0.2) is 77.9 Å². The van der Waals surface area contributed by atoms with E-state index in [9.17, 15) is 9.59 Å². The Balaban J connectivity index is 1.52. The summed E-state index contributed by atoms with van der Waals surface area (Å²) in [5, 5.41) is 6.07. The number of carbonyl (C=O) groups excluding carboxylic acids is 1. The monoisotopic (exact) mass is 459 g/mol. The maximum Gasteiger partial charge on any atom is 0.266 e. The molecule has 0 atom stereocenters. The average Bonchev–Trinajstić information content (AvgIpc) is 3.14. The average molecular weight is 460 g/mol. The number of hydrogen-bond donors (Lipinski definition) is 1. The molecule has 0 radical (unpaired) electrons. The Kier molecular flexibility index (Phi) is 5.25. The van der Waals surface area contributed by atoms with Gasteiger partial charge in [-0.3, -0.25) is 14.2 Å². The molecule has 0 aliphatic carbocycles. The predicted octanol–water partition coefficient (Wildman–Crippen LogP) is 5.87. The van der Waals surface area contributed by atoms with E-state index in [1.165, 1.54) is 22.2 Å². The Labute approximate surface area is 192 Å². The normalized spacial score (nSPS) is 11.2. The SMILES string of the molecule is Cc1c(C(=O)Nc2cccc3ccccc23)sc2ncn(Cc3ccccc3Cl)c(=O)c12. The minimum atomic E-state index is -0.251. The van der Waals surface area contributed by atoms with Gasteiger partial charge in [-0.25, -0.2) is 4.98 Å². The number of aryl methyl sites for hydroxylation is 1. The lowest BCUT2D eigenvalue weighted by molar-refractivity contribution is 0.103. The van der Waals surface area contributed by atoms with E-state index in [1.807, 2.05) is 60.7 Å². The second kappa shape index (κ2) is 8.22. The first-order valence-corrected chi connectivity index (χ1v) is 11.2. The third-order valence-corrected chi connectivity index (χ3v) is 7.03. The summed E-state index contributed by atoms with van der Waals surface area (Å²) in [7, 11) is 0. The van der Waals surface area contributed by atoms with E-state index in [0.717, 1.165) is 22.0 Å². The van der Waals surface area contributed by atoms with Gasteiger partial charge in [0.05, 0.1) is 23.1 Å². The molecule has 0 bridgehead atoms. The number of nitrogens with one attached hydrogen (secondary N) is 1. The lowest BCUT2D eigenvalue weighted by Crippen LogP contribution is -2.21. The minimum absolute atomic E-state index is 0.187. The fourth-order valence-electron chi connectivity index (χ4n) is 3.81. The summed E-state index contributed by atoms with van der Waals surface area (Å²) in [6.45, 7) is 2.11. The van der Waals surface area contributed by atoms with Crippen LogP contribution in [0.5, 0.6) is 0 Å². The van der Waals surface area contributed by atoms with Crippen molar-refractivity contribution in [2.24, 2.45) is 0 Å². The van der Waals surface area contributed by atoms with Crippen LogP contribution in [0.1, 0.15) is 20.8 Å². The van der Waals surface area contributed by atoms with Crippen LogP contribution in [0.4, 0.5) is 5.69 Å². The Morgan fingerprint density at radius 3 is 2.66 bits per heavy atom. The van der Waals surface area contributed by atoms with Crippen molar-refractivity contribution in [3.8, 4) is 0 Å². The van der Waals surface area contributed by atoms with Crippen molar-refractivity contribution in [2.75, 3.05) is 5.32 Å². The molecule has 2 heterocycles. The molecule has 5 nitrogen and oxygen atoms in total. The van der Waals surface area contributed by atoms with Crippen molar-refractivity contribution in [2.45, 2.75) is 13.5 Å². The van der Waals surface area contributed by atoms with E-state index < -0.39 is 0 Å². The summed E-state index contributed by atoms with van der Waals surface area (Å²) in [6.07, 6.45) is 1.51. The number of rotatable bonds is 4. The molecular formula is C25H18ClN3O2S. The predicted molar refractivity (Wildman–Crippen MR) is 131 cm³/mol. The van der Waals surface area contributed by atoms with Crippen LogP contribution < -0.4 is 10.9 Å². The van der Waals surface area contributed by atoms with Gasteiger partial charge < -0.3 is 5.32 Å². The van der Waals surface area contributed by atoms with Gasteiger partial charge in [-0.1, -0.05) is 66.2 Å². The molecule has 5 rings (SSSR count). The van der Waals surface area contributed by atoms with E-state index in [4.69, 9.17) is 11.6 Å². The van der Waals surface area contributed by atoms with E-state index in [-0.39, 0.29) is 11.5 Å². The van der Waals surface area contributed by atoms with Crippen molar-refractivity contribution >= 4 is 55.5 Å². The number of carbonyl (C=O) groups is 1. The molecule has 0 saturated heterocycles.